The van der Waals surface area contributed by atoms with Crippen LogP contribution in [0, 0.1) is 12.5 Å². The van der Waals surface area contributed by atoms with E-state index < -0.39 is 28.6 Å². The largest absolute Gasteiger partial charge is 0.475 e. The van der Waals surface area contributed by atoms with E-state index in [1.54, 1.807) is 6.08 Å². The van der Waals surface area contributed by atoms with Crippen molar-refractivity contribution >= 4 is 51.3 Å². The fraction of sp³-hybridized carbons (Fsp3) is 0.491. The summed E-state index contributed by atoms with van der Waals surface area (Å²) in [6.45, 7) is 43.5. The van der Waals surface area contributed by atoms with E-state index in [0.717, 1.165) is 57.7 Å². The highest BCUT2D eigenvalue weighted by molar-refractivity contribution is 6.74. The molecule has 3 atom stereocenters. The molecule has 348 valence electrons. The lowest BCUT2D eigenvalue weighted by atomic mass is 9.88. The molecule has 0 spiro atoms. The lowest BCUT2D eigenvalue weighted by Gasteiger charge is -2.45. The van der Waals surface area contributed by atoms with Gasteiger partial charge in [-0.25, -0.2) is 11.4 Å². The first-order valence-electron chi connectivity index (χ1n) is 23.5. The standard InChI is InChI=1S/C55H76N4O4Si2/c1-52(2,3)58(62-64(14,15)54(7,8)9)43-30-24-40(25-31-43)46(41-26-32-44(33-27-41)59(53(4,5)6)63-65(16,17)55(10,11)12)35-38-21-28-42(29-22-38)57-49-20-18-19-45(49)47-36-39(23-34-50(47)57)37-48(56-13)51(60)61/h21-35,37,45,48-49H,18-20,36H2,1-12,14-17H3,(H,60,61)/b39-37+. The second-order valence-electron chi connectivity index (χ2n) is 23.4. The van der Waals surface area contributed by atoms with E-state index >= 15 is 0 Å². The molecule has 65 heavy (non-hydrogen) atoms. The SMILES string of the molecule is [C-]#[N+]C(/C=C1\C=CC2=C(C1)C1CCCC1N2c1ccc(C=C(c2ccc(N(O[Si](C)(C)C(C)(C)C)C(C)(C)C)cc2)c2ccc(N(O[Si](C)(C)C(C)(C)C)C(C)(C)C)cc2)cc1)C(=O)O. The van der Waals surface area contributed by atoms with Crippen LogP contribution in [0.2, 0.25) is 36.3 Å². The number of benzene rings is 3. The van der Waals surface area contributed by atoms with Gasteiger partial charge in [0.15, 0.2) is 0 Å². The molecule has 3 unspecified atom stereocenters. The zero-order valence-electron chi connectivity index (χ0n) is 42.3. The Labute approximate surface area is 393 Å². The third kappa shape index (κ3) is 10.8. The van der Waals surface area contributed by atoms with Crippen LogP contribution in [0.5, 0.6) is 0 Å². The van der Waals surface area contributed by atoms with Crippen molar-refractivity contribution in [3.8, 4) is 0 Å². The van der Waals surface area contributed by atoms with Crippen LogP contribution in [0.3, 0.4) is 0 Å². The van der Waals surface area contributed by atoms with Gasteiger partial charge in [-0.15, -0.1) is 0 Å². The molecular weight excluding hydrogens is 837 g/mol. The second kappa shape index (κ2) is 18.2. The topological polar surface area (TPSA) is 69.8 Å². The highest BCUT2D eigenvalue weighted by Crippen LogP contribution is 2.50. The van der Waals surface area contributed by atoms with Gasteiger partial charge in [-0.05, 0) is 179 Å². The number of rotatable bonds is 12. The van der Waals surface area contributed by atoms with Crippen molar-refractivity contribution in [3.05, 3.63) is 136 Å². The quantitative estimate of drug-likeness (QED) is 0.0840. The number of allylic oxidation sites excluding steroid dienone is 3. The summed E-state index contributed by atoms with van der Waals surface area (Å²) in [5, 5.41) is 13.9. The van der Waals surface area contributed by atoms with Gasteiger partial charge in [0.05, 0.1) is 22.5 Å². The summed E-state index contributed by atoms with van der Waals surface area (Å²) < 4.78 is 14.0. The molecule has 1 N–H and O–H groups in total. The van der Waals surface area contributed by atoms with Gasteiger partial charge < -0.3 is 19.1 Å². The second-order valence-corrected chi connectivity index (χ2v) is 32.8. The van der Waals surface area contributed by atoms with Crippen LogP contribution in [0.1, 0.15) is 125 Å². The molecule has 1 heterocycles. The highest BCUT2D eigenvalue weighted by atomic mass is 28.4. The number of aliphatic carboxylic acids is 1. The van der Waals surface area contributed by atoms with Crippen molar-refractivity contribution in [2.24, 2.45) is 5.92 Å². The lowest BCUT2D eigenvalue weighted by molar-refractivity contribution is -0.136. The van der Waals surface area contributed by atoms with Gasteiger partial charge in [0.2, 0.25) is 16.6 Å². The van der Waals surface area contributed by atoms with Crippen molar-refractivity contribution in [1.29, 1.82) is 0 Å². The van der Waals surface area contributed by atoms with Gasteiger partial charge in [-0.1, -0.05) is 90.4 Å². The van der Waals surface area contributed by atoms with Crippen molar-refractivity contribution in [2.75, 3.05) is 15.0 Å². The van der Waals surface area contributed by atoms with E-state index in [1.165, 1.54) is 17.7 Å². The van der Waals surface area contributed by atoms with Crippen LogP contribution < -0.4 is 15.0 Å². The molecule has 3 aromatic rings. The Morgan fingerprint density at radius 2 is 1.22 bits per heavy atom. The number of carboxylic acid groups (broad SMARTS) is 1. The van der Waals surface area contributed by atoms with Crippen LogP contribution in [-0.4, -0.2) is 50.9 Å². The third-order valence-electron chi connectivity index (χ3n) is 14.2. The predicted molar refractivity (Wildman–Crippen MR) is 278 cm³/mol. The predicted octanol–water partition coefficient (Wildman–Crippen LogP) is 14.9. The molecule has 2 aliphatic carbocycles. The molecule has 3 aliphatic rings. The number of carbonyl (C=O) groups is 1. The Balaban J connectivity index is 1.38. The van der Waals surface area contributed by atoms with Crippen LogP contribution in [0.4, 0.5) is 17.1 Å². The number of hydroxylamine groups is 2. The number of hydrogen-bond acceptors (Lipinski definition) is 6. The summed E-state index contributed by atoms with van der Waals surface area (Å²) in [5.74, 6) is -0.675. The summed E-state index contributed by atoms with van der Waals surface area (Å²) in [4.78, 5) is 17.5. The monoisotopic (exact) mass is 913 g/mol. The summed E-state index contributed by atoms with van der Waals surface area (Å²) in [5.41, 5.74) is 10.7. The molecule has 8 nitrogen and oxygen atoms in total. The minimum atomic E-state index is -2.14. The fourth-order valence-electron chi connectivity index (χ4n) is 8.53. The molecular formula is C55H76N4O4Si2. The van der Waals surface area contributed by atoms with Crippen molar-refractivity contribution in [1.82, 2.24) is 0 Å². The molecule has 1 aliphatic heterocycles. The smallest absolute Gasteiger partial charge is 0.392 e. The lowest BCUT2D eigenvalue weighted by Crippen LogP contribution is -2.52. The molecule has 0 bridgehead atoms. The van der Waals surface area contributed by atoms with E-state index in [1.807, 2.05) is 6.08 Å². The van der Waals surface area contributed by atoms with Gasteiger partial charge in [0.25, 0.3) is 0 Å². The van der Waals surface area contributed by atoms with Crippen molar-refractivity contribution in [2.45, 2.75) is 168 Å². The Bertz CT molecular complexity index is 2290. The molecule has 1 fully saturated rings. The van der Waals surface area contributed by atoms with E-state index in [2.05, 4.69) is 214 Å². The maximum atomic E-state index is 11.7. The maximum absolute atomic E-state index is 11.7. The average Bonchev–Trinajstić information content (AvgIpc) is 3.80. The molecule has 10 heteroatoms. The van der Waals surface area contributed by atoms with E-state index in [0.29, 0.717) is 18.4 Å². The molecule has 3 aromatic carbocycles. The number of nitrogens with zero attached hydrogens (tertiary/aromatic N) is 4. The summed E-state index contributed by atoms with van der Waals surface area (Å²) in [7, 11) is -4.28. The third-order valence-corrected chi connectivity index (χ3v) is 22.7. The van der Waals surface area contributed by atoms with Gasteiger partial charge in [-0.3, -0.25) is 15.0 Å². The summed E-state index contributed by atoms with van der Waals surface area (Å²) in [6.07, 6.45) is 12.2. The Hall–Kier alpha value is -4.67. The first kappa shape index (κ1) is 49.8. The Kier molecular flexibility index (Phi) is 13.9. The molecule has 0 aromatic heterocycles. The Morgan fingerprint density at radius 1 is 0.738 bits per heavy atom. The molecule has 0 saturated heterocycles. The fourth-order valence-corrected chi connectivity index (χ4v) is 10.8. The van der Waals surface area contributed by atoms with Crippen LogP contribution >= 0.6 is 0 Å². The van der Waals surface area contributed by atoms with Crippen LogP contribution in [-0.2, 0) is 13.8 Å². The maximum Gasteiger partial charge on any atom is 0.392 e. The zero-order valence-corrected chi connectivity index (χ0v) is 44.3. The van der Waals surface area contributed by atoms with Gasteiger partial charge >= 0.3 is 12.0 Å². The molecule has 1 saturated carbocycles. The number of hydrogen-bond donors (Lipinski definition) is 1. The van der Waals surface area contributed by atoms with Crippen LogP contribution in [0.15, 0.2) is 108 Å². The molecule has 0 amide bonds. The number of fused-ring (bicyclic) bond motifs is 2. The van der Waals surface area contributed by atoms with Gasteiger partial charge in [0.1, 0.15) is 0 Å². The van der Waals surface area contributed by atoms with E-state index in [-0.39, 0.29) is 21.2 Å². The number of carboxylic acids is 1. The van der Waals surface area contributed by atoms with Crippen molar-refractivity contribution < 1.29 is 19.0 Å². The van der Waals surface area contributed by atoms with Gasteiger partial charge in [0, 0.05) is 29.4 Å². The summed E-state index contributed by atoms with van der Waals surface area (Å²) >= 11 is 0. The summed E-state index contributed by atoms with van der Waals surface area (Å²) in [6, 6.07) is 25.9. The molecule has 6 rings (SSSR count). The number of anilines is 3. The zero-order chi connectivity index (χ0) is 48.1. The molecule has 0 radical (unpaired) electrons. The van der Waals surface area contributed by atoms with E-state index in [4.69, 9.17) is 15.6 Å². The Morgan fingerprint density at radius 3 is 1.63 bits per heavy atom. The van der Waals surface area contributed by atoms with Gasteiger partial charge in [-0.2, -0.15) is 0 Å². The first-order chi connectivity index (χ1) is 30.0. The highest BCUT2D eigenvalue weighted by Gasteiger charge is 2.45. The van der Waals surface area contributed by atoms with Crippen LogP contribution in [0.25, 0.3) is 16.5 Å². The minimum Gasteiger partial charge on any atom is -0.475 e. The van der Waals surface area contributed by atoms with Crippen molar-refractivity contribution in [3.63, 3.8) is 0 Å². The minimum absolute atomic E-state index is 0.0556. The van der Waals surface area contributed by atoms with E-state index in [9.17, 15) is 9.90 Å². The normalized spacial score (nSPS) is 19.2. The first-order valence-corrected chi connectivity index (χ1v) is 29.4. The average molecular weight is 913 g/mol.